The van der Waals surface area contributed by atoms with Gasteiger partial charge < -0.3 is 5.11 Å². The van der Waals surface area contributed by atoms with Gasteiger partial charge in [0.1, 0.15) is 5.60 Å². The van der Waals surface area contributed by atoms with E-state index in [0.29, 0.717) is 6.42 Å². The zero-order chi connectivity index (χ0) is 11.4. The Morgan fingerprint density at radius 2 is 1.88 bits per heavy atom. The van der Waals surface area contributed by atoms with Crippen molar-refractivity contribution in [1.29, 1.82) is 0 Å². The van der Waals surface area contributed by atoms with Gasteiger partial charge in [0.2, 0.25) is 0 Å². The average molecular weight is 218 g/mol. The zero-order valence-corrected chi connectivity index (χ0v) is 9.59. The van der Waals surface area contributed by atoms with Crippen LogP contribution in [0.2, 0.25) is 0 Å². The third-order valence-corrected chi connectivity index (χ3v) is 3.34. The van der Waals surface area contributed by atoms with E-state index in [0.717, 1.165) is 44.1 Å². The first-order valence-corrected chi connectivity index (χ1v) is 6.17. The zero-order valence-electron chi connectivity index (χ0n) is 9.59. The van der Waals surface area contributed by atoms with Crippen LogP contribution in [0.15, 0.2) is 11.6 Å². The number of hydrogen-bond acceptors (Lipinski definition) is 2. The molecule has 0 aromatic heterocycles. The van der Waals surface area contributed by atoms with Crippen molar-refractivity contribution < 1.29 is 9.90 Å². The number of hydrogen-bond donors (Lipinski definition) is 1. The maximum atomic E-state index is 11.2. The summed E-state index contributed by atoms with van der Waals surface area (Å²) in [7, 11) is 0. The molecule has 0 aromatic carbocycles. The minimum Gasteiger partial charge on any atom is -0.378 e. The number of aliphatic hydroxyl groups is 1. The van der Waals surface area contributed by atoms with Gasteiger partial charge in [0, 0.05) is 12.0 Å². The Bertz CT molecular complexity index is 362. The highest BCUT2D eigenvalue weighted by atomic mass is 16.3. The monoisotopic (exact) mass is 218 g/mol. The summed E-state index contributed by atoms with van der Waals surface area (Å²) in [6, 6.07) is 0. The van der Waals surface area contributed by atoms with Gasteiger partial charge in [0.25, 0.3) is 0 Å². The van der Waals surface area contributed by atoms with Crippen LogP contribution < -0.4 is 0 Å². The fraction of sp³-hybridized carbons (Fsp3) is 0.643. The van der Waals surface area contributed by atoms with Gasteiger partial charge in [-0.15, -0.1) is 0 Å². The average Bonchev–Trinajstić information content (AvgIpc) is 2.28. The van der Waals surface area contributed by atoms with Crippen LogP contribution in [-0.2, 0) is 4.79 Å². The molecule has 2 heteroatoms. The standard InChI is InChI=1S/C14H18O2/c15-13-6-4-5-12(11-13)7-10-14(16)8-2-1-3-9-14/h11,16H,1-6,8-9H2. The predicted octanol–water partition coefficient (Wildman–Crippen LogP) is 2.36. The van der Waals surface area contributed by atoms with Crippen molar-refractivity contribution in [2.75, 3.05) is 0 Å². The van der Waals surface area contributed by atoms with Crippen LogP contribution in [0.3, 0.4) is 0 Å². The second kappa shape index (κ2) is 4.84. The molecule has 0 aromatic rings. The first kappa shape index (κ1) is 11.4. The Balaban J connectivity index is 2.05. The largest absolute Gasteiger partial charge is 0.378 e. The Labute approximate surface area is 96.7 Å². The maximum absolute atomic E-state index is 11.2. The summed E-state index contributed by atoms with van der Waals surface area (Å²) >= 11 is 0. The topological polar surface area (TPSA) is 37.3 Å². The molecule has 0 aliphatic heterocycles. The molecule has 0 saturated heterocycles. The van der Waals surface area contributed by atoms with E-state index in [9.17, 15) is 9.90 Å². The summed E-state index contributed by atoms with van der Waals surface area (Å²) in [5.41, 5.74) is 0.106. The lowest BCUT2D eigenvalue weighted by Crippen LogP contribution is -2.29. The molecule has 1 fully saturated rings. The van der Waals surface area contributed by atoms with Gasteiger partial charge >= 0.3 is 0 Å². The van der Waals surface area contributed by atoms with Crippen LogP contribution >= 0.6 is 0 Å². The number of allylic oxidation sites excluding steroid dienone is 2. The van der Waals surface area contributed by atoms with Gasteiger partial charge in [-0.2, -0.15) is 0 Å². The van der Waals surface area contributed by atoms with Gasteiger partial charge in [-0.05, 0) is 44.6 Å². The van der Waals surface area contributed by atoms with Crippen molar-refractivity contribution >= 4 is 5.78 Å². The molecular formula is C14H18O2. The lowest BCUT2D eigenvalue weighted by atomic mass is 9.85. The molecule has 2 rings (SSSR count). The van der Waals surface area contributed by atoms with Crippen molar-refractivity contribution in [3.63, 3.8) is 0 Å². The van der Waals surface area contributed by atoms with Gasteiger partial charge in [-0.25, -0.2) is 0 Å². The number of ketones is 1. The van der Waals surface area contributed by atoms with E-state index in [4.69, 9.17) is 0 Å². The summed E-state index contributed by atoms with van der Waals surface area (Å²) in [4.78, 5) is 11.2. The van der Waals surface area contributed by atoms with Crippen LogP contribution in [0.4, 0.5) is 0 Å². The van der Waals surface area contributed by atoms with Gasteiger partial charge in [-0.3, -0.25) is 4.79 Å². The second-order valence-corrected chi connectivity index (χ2v) is 4.83. The molecule has 16 heavy (non-hydrogen) atoms. The first-order chi connectivity index (χ1) is 7.68. The Hall–Kier alpha value is -1.07. The van der Waals surface area contributed by atoms with E-state index >= 15 is 0 Å². The van der Waals surface area contributed by atoms with Gasteiger partial charge in [0.15, 0.2) is 5.78 Å². The fourth-order valence-electron chi connectivity index (χ4n) is 2.35. The second-order valence-electron chi connectivity index (χ2n) is 4.83. The van der Waals surface area contributed by atoms with Gasteiger partial charge in [0.05, 0.1) is 0 Å². The third-order valence-electron chi connectivity index (χ3n) is 3.34. The Morgan fingerprint density at radius 3 is 2.56 bits per heavy atom. The molecule has 0 unspecified atom stereocenters. The van der Waals surface area contributed by atoms with E-state index < -0.39 is 5.60 Å². The smallest absolute Gasteiger partial charge is 0.156 e. The van der Waals surface area contributed by atoms with E-state index in [1.165, 1.54) is 6.42 Å². The number of carbonyl (C=O) groups excluding carboxylic acids is 1. The highest BCUT2D eigenvalue weighted by Gasteiger charge is 2.26. The normalized spacial score (nSPS) is 24.3. The highest BCUT2D eigenvalue weighted by Crippen LogP contribution is 2.27. The maximum Gasteiger partial charge on any atom is 0.156 e. The van der Waals surface area contributed by atoms with Crippen molar-refractivity contribution in [1.82, 2.24) is 0 Å². The minimum absolute atomic E-state index is 0.172. The first-order valence-electron chi connectivity index (χ1n) is 6.17. The van der Waals surface area contributed by atoms with Crippen LogP contribution in [0.1, 0.15) is 51.4 Å². The molecule has 1 saturated carbocycles. The molecule has 0 radical (unpaired) electrons. The SMILES string of the molecule is O=C1C=C(C#CC2(O)CCCCC2)CCC1. The van der Waals surface area contributed by atoms with E-state index in [-0.39, 0.29) is 5.78 Å². The molecular weight excluding hydrogens is 200 g/mol. The molecule has 0 atom stereocenters. The Morgan fingerprint density at radius 1 is 1.12 bits per heavy atom. The summed E-state index contributed by atoms with van der Waals surface area (Å²) in [6.45, 7) is 0. The minimum atomic E-state index is -0.792. The lowest BCUT2D eigenvalue weighted by Gasteiger charge is -2.26. The molecule has 86 valence electrons. The van der Waals surface area contributed by atoms with Crippen LogP contribution in [0, 0.1) is 11.8 Å². The summed E-state index contributed by atoms with van der Waals surface area (Å²) in [5.74, 6) is 6.15. The number of carbonyl (C=O) groups is 1. The highest BCUT2D eigenvalue weighted by molar-refractivity contribution is 5.91. The van der Waals surface area contributed by atoms with Crippen molar-refractivity contribution in [2.24, 2.45) is 0 Å². The number of rotatable bonds is 0. The molecule has 2 nitrogen and oxygen atoms in total. The summed E-state index contributed by atoms with van der Waals surface area (Å²) in [5, 5.41) is 10.2. The van der Waals surface area contributed by atoms with Crippen molar-refractivity contribution in [2.45, 2.75) is 57.0 Å². The van der Waals surface area contributed by atoms with Crippen LogP contribution in [-0.4, -0.2) is 16.5 Å². The molecule has 0 bridgehead atoms. The van der Waals surface area contributed by atoms with Gasteiger partial charge in [-0.1, -0.05) is 18.3 Å². The van der Waals surface area contributed by atoms with E-state index in [1.54, 1.807) is 6.08 Å². The van der Waals surface area contributed by atoms with E-state index in [1.807, 2.05) is 0 Å². The summed E-state index contributed by atoms with van der Waals surface area (Å²) < 4.78 is 0. The molecule has 0 heterocycles. The van der Waals surface area contributed by atoms with Crippen molar-refractivity contribution in [3.8, 4) is 11.8 Å². The molecule has 2 aliphatic rings. The van der Waals surface area contributed by atoms with Crippen molar-refractivity contribution in [3.05, 3.63) is 11.6 Å². The fourth-order valence-corrected chi connectivity index (χ4v) is 2.35. The Kier molecular flexibility index (Phi) is 3.46. The lowest BCUT2D eigenvalue weighted by molar-refractivity contribution is -0.115. The summed E-state index contributed by atoms with van der Waals surface area (Å²) in [6.07, 6.45) is 8.95. The van der Waals surface area contributed by atoms with Crippen LogP contribution in [0.5, 0.6) is 0 Å². The molecule has 2 aliphatic carbocycles. The third kappa shape index (κ3) is 2.96. The predicted molar refractivity (Wildman–Crippen MR) is 62.8 cm³/mol. The van der Waals surface area contributed by atoms with Crippen LogP contribution in [0.25, 0.3) is 0 Å². The van der Waals surface area contributed by atoms with E-state index in [2.05, 4.69) is 11.8 Å². The quantitative estimate of drug-likeness (QED) is 0.634. The molecule has 0 amide bonds. The molecule has 1 N–H and O–H groups in total. The molecule has 0 spiro atoms.